The van der Waals surface area contributed by atoms with Gasteiger partial charge in [0, 0.05) is 11.7 Å². The molecule has 0 bridgehead atoms. The summed E-state index contributed by atoms with van der Waals surface area (Å²) in [5.41, 5.74) is 0.501. The first-order chi connectivity index (χ1) is 9.08. The van der Waals surface area contributed by atoms with Crippen LogP contribution in [0.5, 0.6) is 0 Å². The van der Waals surface area contributed by atoms with Crippen molar-refractivity contribution < 1.29 is 14.3 Å². The minimum atomic E-state index is -1.10. The normalized spacial score (nSPS) is 12.2. The molecule has 0 saturated carbocycles. The van der Waals surface area contributed by atoms with Gasteiger partial charge in [0.1, 0.15) is 5.82 Å². The molecule has 0 aliphatic rings. The van der Waals surface area contributed by atoms with Crippen molar-refractivity contribution in [2.24, 2.45) is 0 Å². The SMILES string of the molecule is CCCCC(CCC)Nc1ccc(F)cc1C(=O)O. The number of carbonyl (C=O) groups is 1. The highest BCUT2D eigenvalue weighted by Crippen LogP contribution is 2.21. The van der Waals surface area contributed by atoms with Crippen molar-refractivity contribution in [1.29, 1.82) is 0 Å². The van der Waals surface area contributed by atoms with Crippen molar-refractivity contribution in [3.8, 4) is 0 Å². The zero-order valence-electron chi connectivity index (χ0n) is 11.6. The number of nitrogens with one attached hydrogen (secondary N) is 1. The Morgan fingerprint density at radius 1 is 1.32 bits per heavy atom. The van der Waals surface area contributed by atoms with E-state index in [-0.39, 0.29) is 11.6 Å². The van der Waals surface area contributed by atoms with Gasteiger partial charge in [-0.05, 0) is 31.0 Å². The van der Waals surface area contributed by atoms with Crippen LogP contribution in [0.1, 0.15) is 56.3 Å². The van der Waals surface area contributed by atoms with Crippen molar-refractivity contribution in [2.75, 3.05) is 5.32 Å². The molecule has 1 atom stereocenters. The number of unbranched alkanes of at least 4 members (excludes halogenated alkanes) is 1. The van der Waals surface area contributed by atoms with Crippen molar-refractivity contribution in [3.05, 3.63) is 29.6 Å². The van der Waals surface area contributed by atoms with Crippen LogP contribution >= 0.6 is 0 Å². The molecule has 106 valence electrons. The van der Waals surface area contributed by atoms with E-state index in [2.05, 4.69) is 19.2 Å². The van der Waals surface area contributed by atoms with Gasteiger partial charge in [0.15, 0.2) is 0 Å². The predicted molar refractivity (Wildman–Crippen MR) is 75.2 cm³/mol. The molecular weight excluding hydrogens is 245 g/mol. The first-order valence-electron chi connectivity index (χ1n) is 6.87. The fraction of sp³-hybridized carbons (Fsp3) is 0.533. The molecule has 0 fully saturated rings. The van der Waals surface area contributed by atoms with Gasteiger partial charge in [-0.2, -0.15) is 0 Å². The third-order valence-corrected chi connectivity index (χ3v) is 3.11. The minimum absolute atomic E-state index is 0.00222. The van der Waals surface area contributed by atoms with Gasteiger partial charge >= 0.3 is 5.97 Å². The van der Waals surface area contributed by atoms with Crippen LogP contribution in [0.15, 0.2) is 18.2 Å². The molecule has 2 N–H and O–H groups in total. The molecular formula is C15H22FNO2. The first kappa shape index (κ1) is 15.5. The zero-order valence-corrected chi connectivity index (χ0v) is 11.6. The van der Waals surface area contributed by atoms with E-state index >= 15 is 0 Å². The van der Waals surface area contributed by atoms with E-state index in [0.29, 0.717) is 5.69 Å². The molecule has 0 radical (unpaired) electrons. The molecule has 0 aliphatic carbocycles. The Labute approximate surface area is 113 Å². The second-order valence-corrected chi connectivity index (χ2v) is 4.77. The van der Waals surface area contributed by atoms with E-state index in [1.165, 1.54) is 12.1 Å². The van der Waals surface area contributed by atoms with Gasteiger partial charge in [0.25, 0.3) is 0 Å². The third-order valence-electron chi connectivity index (χ3n) is 3.11. The van der Waals surface area contributed by atoms with Crippen LogP contribution in [0.3, 0.4) is 0 Å². The van der Waals surface area contributed by atoms with Gasteiger partial charge in [-0.3, -0.25) is 0 Å². The van der Waals surface area contributed by atoms with Gasteiger partial charge in [-0.1, -0.05) is 33.1 Å². The fourth-order valence-corrected chi connectivity index (χ4v) is 2.13. The quantitative estimate of drug-likeness (QED) is 0.738. The summed E-state index contributed by atoms with van der Waals surface area (Å²) in [6.45, 7) is 4.23. The number of carboxylic acids is 1. The number of hydrogen-bond acceptors (Lipinski definition) is 2. The molecule has 1 unspecified atom stereocenters. The van der Waals surface area contributed by atoms with Gasteiger partial charge < -0.3 is 10.4 Å². The van der Waals surface area contributed by atoms with Crippen LogP contribution in [0.2, 0.25) is 0 Å². The maximum Gasteiger partial charge on any atom is 0.337 e. The van der Waals surface area contributed by atoms with Crippen LogP contribution in [-0.2, 0) is 0 Å². The van der Waals surface area contributed by atoms with Gasteiger partial charge in [-0.15, -0.1) is 0 Å². The van der Waals surface area contributed by atoms with Gasteiger partial charge in [0.2, 0.25) is 0 Å². The molecule has 0 saturated heterocycles. The monoisotopic (exact) mass is 267 g/mol. The summed E-state index contributed by atoms with van der Waals surface area (Å²) in [5, 5.41) is 12.3. The van der Waals surface area contributed by atoms with Gasteiger partial charge in [-0.25, -0.2) is 9.18 Å². The number of halogens is 1. The van der Waals surface area contributed by atoms with Gasteiger partial charge in [0.05, 0.1) is 5.56 Å². The topological polar surface area (TPSA) is 49.3 Å². The van der Waals surface area contributed by atoms with E-state index in [0.717, 1.165) is 38.2 Å². The number of anilines is 1. The predicted octanol–water partition coefficient (Wildman–Crippen LogP) is 4.29. The molecule has 1 rings (SSSR count). The zero-order chi connectivity index (χ0) is 14.3. The summed E-state index contributed by atoms with van der Waals surface area (Å²) in [6.07, 6.45) is 5.22. The van der Waals surface area contributed by atoms with Crippen molar-refractivity contribution in [1.82, 2.24) is 0 Å². The molecule has 1 aromatic rings. The molecule has 1 aromatic carbocycles. The summed E-state index contributed by atoms with van der Waals surface area (Å²) in [4.78, 5) is 11.1. The van der Waals surface area contributed by atoms with Crippen LogP contribution < -0.4 is 5.32 Å². The second-order valence-electron chi connectivity index (χ2n) is 4.77. The lowest BCUT2D eigenvalue weighted by atomic mass is 10.0. The average Bonchev–Trinajstić information content (AvgIpc) is 2.38. The molecule has 0 aromatic heterocycles. The maximum absolute atomic E-state index is 13.1. The smallest absolute Gasteiger partial charge is 0.337 e. The highest BCUT2D eigenvalue weighted by molar-refractivity contribution is 5.94. The Hall–Kier alpha value is -1.58. The first-order valence-corrected chi connectivity index (χ1v) is 6.87. The molecule has 19 heavy (non-hydrogen) atoms. The summed E-state index contributed by atoms with van der Waals surface area (Å²) in [7, 11) is 0. The lowest BCUT2D eigenvalue weighted by Crippen LogP contribution is -2.21. The Bertz CT molecular complexity index is 421. The van der Waals surface area contributed by atoms with Crippen LogP contribution in [-0.4, -0.2) is 17.1 Å². The molecule has 0 amide bonds. The standard InChI is InChI=1S/C15H22FNO2/c1-3-5-7-12(6-4-2)17-14-9-8-11(16)10-13(14)15(18)19/h8-10,12,17H,3-7H2,1-2H3,(H,18,19). The Morgan fingerprint density at radius 3 is 2.63 bits per heavy atom. The molecule has 3 nitrogen and oxygen atoms in total. The van der Waals surface area contributed by atoms with Crippen molar-refractivity contribution >= 4 is 11.7 Å². The van der Waals surface area contributed by atoms with E-state index in [4.69, 9.17) is 5.11 Å². The molecule has 0 aliphatic heterocycles. The lowest BCUT2D eigenvalue weighted by Gasteiger charge is -2.20. The third kappa shape index (κ3) is 4.89. The summed E-state index contributed by atoms with van der Waals surface area (Å²) in [6, 6.07) is 4.10. The number of aromatic carboxylic acids is 1. The van der Waals surface area contributed by atoms with E-state index < -0.39 is 11.8 Å². The van der Waals surface area contributed by atoms with E-state index in [1.807, 2.05) is 0 Å². The Morgan fingerprint density at radius 2 is 2.05 bits per heavy atom. The minimum Gasteiger partial charge on any atom is -0.478 e. The summed E-state index contributed by atoms with van der Waals surface area (Å²) >= 11 is 0. The van der Waals surface area contributed by atoms with Crippen LogP contribution in [0.4, 0.5) is 10.1 Å². The number of carboxylic acid groups (broad SMARTS) is 1. The van der Waals surface area contributed by atoms with E-state index in [9.17, 15) is 9.18 Å². The fourth-order valence-electron chi connectivity index (χ4n) is 2.13. The Kier molecular flexibility index (Phi) is 6.33. The van der Waals surface area contributed by atoms with E-state index in [1.54, 1.807) is 0 Å². The largest absolute Gasteiger partial charge is 0.478 e. The lowest BCUT2D eigenvalue weighted by molar-refractivity contribution is 0.0697. The van der Waals surface area contributed by atoms with Crippen LogP contribution in [0.25, 0.3) is 0 Å². The summed E-state index contributed by atoms with van der Waals surface area (Å²) < 4.78 is 13.1. The molecule has 0 heterocycles. The molecule has 0 spiro atoms. The highest BCUT2D eigenvalue weighted by atomic mass is 19.1. The summed E-state index contributed by atoms with van der Waals surface area (Å²) in [5.74, 6) is -1.63. The maximum atomic E-state index is 13.1. The van der Waals surface area contributed by atoms with Crippen molar-refractivity contribution in [3.63, 3.8) is 0 Å². The van der Waals surface area contributed by atoms with Crippen molar-refractivity contribution in [2.45, 2.75) is 52.0 Å². The average molecular weight is 267 g/mol. The van der Waals surface area contributed by atoms with Crippen LogP contribution in [0, 0.1) is 5.82 Å². The number of hydrogen-bond donors (Lipinski definition) is 2. The number of rotatable bonds is 8. The number of benzene rings is 1. The molecule has 4 heteroatoms. The highest BCUT2D eigenvalue weighted by Gasteiger charge is 2.14. The second kappa shape index (κ2) is 7.77. The Balaban J connectivity index is 2.85.